The number of benzene rings is 1. The maximum absolute atomic E-state index is 13.4. The Balaban J connectivity index is 3.26. The molecule has 10 heteroatoms. The van der Waals surface area contributed by atoms with Crippen molar-refractivity contribution >= 4 is 21.7 Å². The van der Waals surface area contributed by atoms with Crippen molar-refractivity contribution in [2.45, 2.75) is 11.3 Å². The molecule has 0 aliphatic rings. The van der Waals surface area contributed by atoms with E-state index in [4.69, 9.17) is 5.11 Å². The van der Waals surface area contributed by atoms with Crippen LogP contribution in [0.25, 0.3) is 0 Å². The fourth-order valence-electron chi connectivity index (χ4n) is 1.42. The number of aliphatic carboxylic acids is 1. The number of nitro groups is 1. The quantitative estimate of drug-likeness (QED) is 0.614. The molecule has 0 aliphatic heterocycles. The molecule has 1 N–H and O–H groups in total. The monoisotopic (exact) mass is 306 g/mol. The van der Waals surface area contributed by atoms with E-state index < -0.39 is 43.7 Å². The molecule has 1 aromatic rings. The van der Waals surface area contributed by atoms with Crippen molar-refractivity contribution in [1.29, 1.82) is 0 Å². The maximum Gasteiger partial charge on any atom is 0.324 e. The van der Waals surface area contributed by atoms with Crippen LogP contribution in [0.3, 0.4) is 0 Å². The van der Waals surface area contributed by atoms with Gasteiger partial charge in [0.15, 0.2) is 4.90 Å². The van der Waals surface area contributed by atoms with Crippen molar-refractivity contribution in [1.82, 2.24) is 4.31 Å². The number of carboxylic acids is 1. The largest absolute Gasteiger partial charge is 0.481 e. The zero-order valence-corrected chi connectivity index (χ0v) is 11.1. The van der Waals surface area contributed by atoms with E-state index in [2.05, 4.69) is 0 Å². The van der Waals surface area contributed by atoms with E-state index in [0.717, 1.165) is 25.2 Å². The zero-order valence-electron chi connectivity index (χ0n) is 10.3. The van der Waals surface area contributed by atoms with Crippen LogP contribution in [0.4, 0.5) is 10.1 Å². The standard InChI is InChI=1S/C10H11FN2O6S/c1-12(6-5-9(14)15)20(18,19)8-4-2-3-7(11)10(8)13(16)17/h2-4H,5-6H2,1H3,(H,14,15). The van der Waals surface area contributed by atoms with Crippen molar-refractivity contribution in [2.75, 3.05) is 13.6 Å². The Bertz CT molecular complexity index is 645. The van der Waals surface area contributed by atoms with E-state index in [-0.39, 0.29) is 6.54 Å². The van der Waals surface area contributed by atoms with Crippen LogP contribution in [0.15, 0.2) is 23.1 Å². The summed E-state index contributed by atoms with van der Waals surface area (Å²) in [5, 5.41) is 19.3. The fourth-order valence-corrected chi connectivity index (χ4v) is 2.76. The molecule has 0 fully saturated rings. The van der Waals surface area contributed by atoms with Gasteiger partial charge in [0.1, 0.15) is 0 Å². The maximum atomic E-state index is 13.4. The summed E-state index contributed by atoms with van der Waals surface area (Å²) in [6.45, 7) is -0.384. The van der Waals surface area contributed by atoms with Crippen LogP contribution >= 0.6 is 0 Å². The van der Waals surface area contributed by atoms with Gasteiger partial charge in [0.2, 0.25) is 15.8 Å². The molecule has 0 saturated heterocycles. The van der Waals surface area contributed by atoms with Gasteiger partial charge in [-0.25, -0.2) is 12.7 Å². The molecule has 20 heavy (non-hydrogen) atoms. The Morgan fingerprint density at radius 3 is 2.60 bits per heavy atom. The first kappa shape index (κ1) is 16.0. The molecule has 8 nitrogen and oxygen atoms in total. The Morgan fingerprint density at radius 1 is 1.50 bits per heavy atom. The molecule has 0 heterocycles. The minimum absolute atomic E-state index is 0.384. The first-order valence-electron chi connectivity index (χ1n) is 5.29. The van der Waals surface area contributed by atoms with Crippen molar-refractivity contribution in [3.63, 3.8) is 0 Å². The van der Waals surface area contributed by atoms with E-state index in [9.17, 15) is 27.7 Å². The van der Waals surface area contributed by atoms with E-state index in [1.807, 2.05) is 0 Å². The fraction of sp³-hybridized carbons (Fsp3) is 0.300. The van der Waals surface area contributed by atoms with Crippen LogP contribution in [0.1, 0.15) is 6.42 Å². The third-order valence-electron chi connectivity index (χ3n) is 2.46. The predicted molar refractivity (Wildman–Crippen MR) is 65.1 cm³/mol. The number of nitrogens with zero attached hydrogens (tertiary/aromatic N) is 2. The third-order valence-corrected chi connectivity index (χ3v) is 4.35. The zero-order chi connectivity index (χ0) is 15.5. The molecular formula is C10H11FN2O6S. The summed E-state index contributed by atoms with van der Waals surface area (Å²) in [7, 11) is -3.28. The topological polar surface area (TPSA) is 118 Å². The molecule has 0 saturated carbocycles. The van der Waals surface area contributed by atoms with Crippen LogP contribution < -0.4 is 0 Å². The number of carbonyl (C=O) groups is 1. The molecule has 0 aliphatic carbocycles. The summed E-state index contributed by atoms with van der Waals surface area (Å²) >= 11 is 0. The third kappa shape index (κ3) is 3.27. The molecule has 0 atom stereocenters. The lowest BCUT2D eigenvalue weighted by molar-refractivity contribution is -0.390. The molecule has 0 bridgehead atoms. The van der Waals surface area contributed by atoms with Gasteiger partial charge in [-0.2, -0.15) is 4.39 Å². The number of nitro benzene ring substituents is 1. The van der Waals surface area contributed by atoms with Gasteiger partial charge in [0.05, 0.1) is 11.3 Å². The lowest BCUT2D eigenvalue weighted by Crippen LogP contribution is -2.29. The molecule has 1 rings (SSSR count). The number of hydrogen-bond acceptors (Lipinski definition) is 5. The van der Waals surface area contributed by atoms with Crippen LogP contribution in [0.2, 0.25) is 0 Å². The second-order valence-electron chi connectivity index (χ2n) is 3.81. The number of rotatable bonds is 6. The van der Waals surface area contributed by atoms with E-state index >= 15 is 0 Å². The van der Waals surface area contributed by atoms with E-state index in [0.29, 0.717) is 4.31 Å². The number of sulfonamides is 1. The highest BCUT2D eigenvalue weighted by Crippen LogP contribution is 2.28. The SMILES string of the molecule is CN(CCC(=O)O)S(=O)(=O)c1cccc(F)c1[N+](=O)[O-]. The van der Waals surface area contributed by atoms with Gasteiger partial charge in [-0.05, 0) is 12.1 Å². The van der Waals surface area contributed by atoms with Crippen LogP contribution in [0, 0.1) is 15.9 Å². The van der Waals surface area contributed by atoms with E-state index in [1.54, 1.807) is 0 Å². The highest BCUT2D eigenvalue weighted by molar-refractivity contribution is 7.89. The van der Waals surface area contributed by atoms with Crippen LogP contribution in [-0.4, -0.2) is 42.3 Å². The van der Waals surface area contributed by atoms with E-state index in [1.165, 1.54) is 0 Å². The number of hydrogen-bond donors (Lipinski definition) is 1. The van der Waals surface area contributed by atoms with Gasteiger partial charge < -0.3 is 5.11 Å². The van der Waals surface area contributed by atoms with Crippen molar-refractivity contribution in [3.8, 4) is 0 Å². The van der Waals surface area contributed by atoms with Gasteiger partial charge in [0.25, 0.3) is 0 Å². The second kappa shape index (κ2) is 5.92. The predicted octanol–water partition coefficient (Wildman–Crippen LogP) is 0.829. The van der Waals surface area contributed by atoms with Crippen molar-refractivity contribution in [2.24, 2.45) is 0 Å². The molecule has 0 radical (unpaired) electrons. The minimum atomic E-state index is -4.34. The Kier molecular flexibility index (Phi) is 4.73. The van der Waals surface area contributed by atoms with Crippen LogP contribution in [0.5, 0.6) is 0 Å². The summed E-state index contributed by atoms with van der Waals surface area (Å²) in [6, 6.07) is 2.70. The van der Waals surface area contributed by atoms with Crippen LogP contribution in [-0.2, 0) is 14.8 Å². The Morgan fingerprint density at radius 2 is 2.10 bits per heavy atom. The lowest BCUT2D eigenvalue weighted by Gasteiger charge is -2.16. The smallest absolute Gasteiger partial charge is 0.324 e. The summed E-state index contributed by atoms with van der Waals surface area (Å²) < 4.78 is 38.2. The molecule has 0 amide bonds. The average molecular weight is 306 g/mol. The lowest BCUT2D eigenvalue weighted by atomic mass is 10.3. The van der Waals surface area contributed by atoms with Gasteiger partial charge >= 0.3 is 11.7 Å². The Hall–Kier alpha value is -2.07. The second-order valence-corrected chi connectivity index (χ2v) is 5.83. The molecule has 0 spiro atoms. The number of halogens is 1. The number of carboxylic acid groups (broad SMARTS) is 1. The average Bonchev–Trinajstić information content (AvgIpc) is 2.34. The molecular weight excluding hydrogens is 295 g/mol. The summed E-state index contributed by atoms with van der Waals surface area (Å²) in [6.07, 6.45) is -0.473. The van der Waals surface area contributed by atoms with Gasteiger partial charge in [-0.1, -0.05) is 6.07 Å². The summed E-state index contributed by atoms with van der Waals surface area (Å²) in [5.41, 5.74) is -1.16. The van der Waals surface area contributed by atoms with Crippen molar-refractivity contribution in [3.05, 3.63) is 34.1 Å². The first-order chi connectivity index (χ1) is 9.17. The molecule has 0 aromatic heterocycles. The van der Waals surface area contributed by atoms with Gasteiger partial charge in [0, 0.05) is 13.6 Å². The minimum Gasteiger partial charge on any atom is -0.481 e. The van der Waals surface area contributed by atoms with Crippen molar-refractivity contribution < 1.29 is 27.6 Å². The molecule has 110 valence electrons. The molecule has 0 unspecified atom stereocenters. The van der Waals surface area contributed by atoms with Gasteiger partial charge in [-0.15, -0.1) is 0 Å². The first-order valence-corrected chi connectivity index (χ1v) is 6.73. The molecule has 1 aromatic carbocycles. The summed E-state index contributed by atoms with van der Waals surface area (Å²) in [5.74, 6) is -2.50. The normalized spacial score (nSPS) is 11.6. The highest BCUT2D eigenvalue weighted by Gasteiger charge is 2.32. The summed E-state index contributed by atoms with van der Waals surface area (Å²) in [4.78, 5) is 19.2. The highest BCUT2D eigenvalue weighted by atomic mass is 32.2. The van der Waals surface area contributed by atoms with Gasteiger partial charge in [-0.3, -0.25) is 14.9 Å². The Labute approximate surface area is 113 Å². The number of para-hydroxylation sites is 1.